The fourth-order valence-electron chi connectivity index (χ4n) is 2.82. The predicted molar refractivity (Wildman–Crippen MR) is 93.3 cm³/mol. The quantitative estimate of drug-likeness (QED) is 0.635. The zero-order valence-corrected chi connectivity index (χ0v) is 12.9. The highest BCUT2D eigenvalue weighted by atomic mass is 16.2. The molecule has 0 spiro atoms. The van der Waals surface area contributed by atoms with Gasteiger partial charge in [0.15, 0.2) is 0 Å². The second-order valence-corrected chi connectivity index (χ2v) is 5.67. The molecule has 0 aliphatic carbocycles. The number of aromatic amines is 1. The summed E-state index contributed by atoms with van der Waals surface area (Å²) in [5.41, 5.74) is 4.55. The third-order valence-electron chi connectivity index (χ3n) is 3.90. The normalized spacial score (nSPS) is 14.7. The summed E-state index contributed by atoms with van der Waals surface area (Å²) in [6.45, 7) is 1.45. The Balaban J connectivity index is 1.78. The number of aromatic nitrogens is 2. The fourth-order valence-corrected chi connectivity index (χ4v) is 2.82. The van der Waals surface area contributed by atoms with Crippen molar-refractivity contribution in [2.75, 3.05) is 10.6 Å². The van der Waals surface area contributed by atoms with Gasteiger partial charge in [-0.1, -0.05) is 12.1 Å². The van der Waals surface area contributed by atoms with Gasteiger partial charge in [-0.05, 0) is 35.9 Å². The van der Waals surface area contributed by atoms with Crippen molar-refractivity contribution in [1.82, 2.24) is 10.2 Å². The van der Waals surface area contributed by atoms with Crippen LogP contribution in [0.3, 0.4) is 0 Å². The molecule has 0 bridgehead atoms. The van der Waals surface area contributed by atoms with Crippen LogP contribution < -0.4 is 10.6 Å². The molecule has 0 atom stereocenters. The molecule has 2 aromatic carbocycles. The van der Waals surface area contributed by atoms with Gasteiger partial charge in [0.25, 0.3) is 5.91 Å². The number of hydrogen-bond acceptors (Lipinski definition) is 3. The van der Waals surface area contributed by atoms with E-state index in [-0.39, 0.29) is 11.8 Å². The number of anilines is 2. The number of benzene rings is 2. The van der Waals surface area contributed by atoms with Gasteiger partial charge in [0.2, 0.25) is 5.91 Å². The monoisotopic (exact) mass is 318 g/mol. The Morgan fingerprint density at radius 1 is 1.21 bits per heavy atom. The lowest BCUT2D eigenvalue weighted by Gasteiger charge is -2.05. The maximum Gasteiger partial charge on any atom is 0.256 e. The third kappa shape index (κ3) is 2.44. The van der Waals surface area contributed by atoms with E-state index < -0.39 is 0 Å². The number of H-pyrrole nitrogens is 1. The standard InChI is InChI=1S/C18H14N4O2/c1-10(23)20-13-4-5-16-14(8-13)15(18(24)21-16)6-11-2-3-12-9-19-22-17(12)7-11/h2-9H,1H3,(H,19,22)(H,20,23)(H,21,24). The van der Waals surface area contributed by atoms with Crippen LogP contribution in [0.15, 0.2) is 42.6 Å². The molecule has 2 heterocycles. The van der Waals surface area contributed by atoms with Gasteiger partial charge in [0.05, 0.1) is 11.7 Å². The molecule has 3 aromatic rings. The molecule has 24 heavy (non-hydrogen) atoms. The topological polar surface area (TPSA) is 86.9 Å². The largest absolute Gasteiger partial charge is 0.326 e. The molecule has 1 aliphatic rings. The van der Waals surface area contributed by atoms with Crippen molar-refractivity contribution >= 4 is 45.7 Å². The number of amides is 2. The lowest BCUT2D eigenvalue weighted by Crippen LogP contribution is -2.05. The van der Waals surface area contributed by atoms with E-state index in [0.29, 0.717) is 11.3 Å². The van der Waals surface area contributed by atoms with Crippen LogP contribution in [0.4, 0.5) is 11.4 Å². The summed E-state index contributed by atoms with van der Waals surface area (Å²) < 4.78 is 0. The summed E-state index contributed by atoms with van der Waals surface area (Å²) in [6.07, 6.45) is 3.59. The lowest BCUT2D eigenvalue weighted by molar-refractivity contribution is -0.114. The van der Waals surface area contributed by atoms with Gasteiger partial charge in [0.1, 0.15) is 0 Å². The molecule has 6 heteroatoms. The smallest absolute Gasteiger partial charge is 0.256 e. The number of carbonyl (C=O) groups excluding carboxylic acids is 2. The summed E-state index contributed by atoms with van der Waals surface area (Å²) >= 11 is 0. The van der Waals surface area contributed by atoms with Crippen LogP contribution in [0, 0.1) is 0 Å². The van der Waals surface area contributed by atoms with Crippen molar-refractivity contribution in [1.29, 1.82) is 0 Å². The molecular formula is C18H14N4O2. The maximum absolute atomic E-state index is 12.3. The van der Waals surface area contributed by atoms with Gasteiger partial charge < -0.3 is 10.6 Å². The first kappa shape index (κ1) is 14.2. The van der Waals surface area contributed by atoms with Crippen molar-refractivity contribution in [3.63, 3.8) is 0 Å². The first-order chi connectivity index (χ1) is 11.6. The predicted octanol–water partition coefficient (Wildman–Crippen LogP) is 3.01. The SMILES string of the molecule is CC(=O)Nc1ccc2c(c1)C(=Cc1ccc3cn[nH]c3c1)C(=O)N2. The van der Waals surface area contributed by atoms with E-state index in [2.05, 4.69) is 20.8 Å². The van der Waals surface area contributed by atoms with Crippen LogP contribution in [0.25, 0.3) is 22.6 Å². The molecule has 2 amide bonds. The number of nitrogens with one attached hydrogen (secondary N) is 3. The minimum absolute atomic E-state index is 0.151. The van der Waals surface area contributed by atoms with Crippen molar-refractivity contribution in [3.05, 3.63) is 53.7 Å². The Morgan fingerprint density at radius 2 is 2.08 bits per heavy atom. The average Bonchev–Trinajstić information content (AvgIpc) is 3.12. The van der Waals surface area contributed by atoms with Gasteiger partial charge in [0, 0.05) is 34.8 Å². The number of nitrogens with zero attached hydrogens (tertiary/aromatic N) is 1. The van der Waals surface area contributed by atoms with Crippen LogP contribution >= 0.6 is 0 Å². The van der Waals surface area contributed by atoms with Crippen molar-refractivity contribution < 1.29 is 9.59 Å². The number of carbonyl (C=O) groups is 2. The van der Waals surface area contributed by atoms with E-state index in [1.807, 2.05) is 24.3 Å². The zero-order valence-electron chi connectivity index (χ0n) is 12.9. The summed E-state index contributed by atoms with van der Waals surface area (Å²) in [6, 6.07) is 11.2. The Morgan fingerprint density at radius 3 is 2.92 bits per heavy atom. The minimum atomic E-state index is -0.158. The van der Waals surface area contributed by atoms with Crippen LogP contribution in [-0.2, 0) is 9.59 Å². The highest BCUT2D eigenvalue weighted by molar-refractivity contribution is 6.35. The Kier molecular flexibility index (Phi) is 3.16. The summed E-state index contributed by atoms with van der Waals surface area (Å²) in [7, 11) is 0. The lowest BCUT2D eigenvalue weighted by atomic mass is 10.0. The molecule has 0 radical (unpaired) electrons. The third-order valence-corrected chi connectivity index (χ3v) is 3.90. The van der Waals surface area contributed by atoms with Gasteiger partial charge >= 0.3 is 0 Å². The molecular weight excluding hydrogens is 304 g/mol. The zero-order chi connectivity index (χ0) is 16.7. The van der Waals surface area contributed by atoms with E-state index in [1.165, 1.54) is 6.92 Å². The number of fused-ring (bicyclic) bond motifs is 2. The van der Waals surface area contributed by atoms with E-state index >= 15 is 0 Å². The first-order valence-corrected chi connectivity index (χ1v) is 7.48. The van der Waals surface area contributed by atoms with E-state index in [9.17, 15) is 9.59 Å². The number of hydrogen-bond donors (Lipinski definition) is 3. The van der Waals surface area contributed by atoms with E-state index in [0.717, 1.165) is 27.7 Å². The molecule has 0 saturated heterocycles. The molecule has 6 nitrogen and oxygen atoms in total. The second kappa shape index (κ2) is 5.34. The van der Waals surface area contributed by atoms with Crippen molar-refractivity contribution in [2.45, 2.75) is 6.92 Å². The van der Waals surface area contributed by atoms with E-state index in [1.54, 1.807) is 24.4 Å². The second-order valence-electron chi connectivity index (χ2n) is 5.67. The molecule has 0 fully saturated rings. The molecule has 3 N–H and O–H groups in total. The van der Waals surface area contributed by atoms with Gasteiger partial charge in [-0.2, -0.15) is 5.10 Å². The molecule has 1 aromatic heterocycles. The fraction of sp³-hybridized carbons (Fsp3) is 0.0556. The van der Waals surface area contributed by atoms with Gasteiger partial charge in [-0.25, -0.2) is 0 Å². The average molecular weight is 318 g/mol. The minimum Gasteiger partial charge on any atom is -0.326 e. The van der Waals surface area contributed by atoms with Crippen LogP contribution in [0.2, 0.25) is 0 Å². The highest BCUT2D eigenvalue weighted by Gasteiger charge is 2.24. The Hall–Kier alpha value is -3.41. The Bertz CT molecular complexity index is 1020. The maximum atomic E-state index is 12.3. The Labute approximate surface area is 137 Å². The summed E-state index contributed by atoms with van der Waals surface area (Å²) in [5.74, 6) is -0.308. The van der Waals surface area contributed by atoms with Crippen molar-refractivity contribution in [3.8, 4) is 0 Å². The molecule has 0 unspecified atom stereocenters. The molecule has 0 saturated carbocycles. The summed E-state index contributed by atoms with van der Waals surface area (Å²) in [4.78, 5) is 23.5. The highest BCUT2D eigenvalue weighted by Crippen LogP contribution is 2.35. The summed E-state index contributed by atoms with van der Waals surface area (Å²) in [5, 5.41) is 13.5. The van der Waals surface area contributed by atoms with E-state index in [4.69, 9.17) is 0 Å². The van der Waals surface area contributed by atoms with Crippen LogP contribution in [0.5, 0.6) is 0 Å². The van der Waals surface area contributed by atoms with Gasteiger partial charge in [-0.15, -0.1) is 0 Å². The molecule has 1 aliphatic heterocycles. The van der Waals surface area contributed by atoms with Crippen LogP contribution in [-0.4, -0.2) is 22.0 Å². The van der Waals surface area contributed by atoms with Gasteiger partial charge in [-0.3, -0.25) is 14.7 Å². The van der Waals surface area contributed by atoms with Crippen LogP contribution in [0.1, 0.15) is 18.1 Å². The molecule has 4 rings (SSSR count). The number of rotatable bonds is 2. The first-order valence-electron chi connectivity index (χ1n) is 7.48. The van der Waals surface area contributed by atoms with Crippen molar-refractivity contribution in [2.24, 2.45) is 0 Å². The molecule has 118 valence electrons.